The maximum atomic E-state index is 12.6. The number of methoxy groups -OCH3 is 1. The highest BCUT2D eigenvalue weighted by Crippen LogP contribution is 2.55. The average molecular weight is 378 g/mol. The van der Waals surface area contributed by atoms with Gasteiger partial charge in [-0.3, -0.25) is 4.79 Å². The molecule has 0 bridgehead atoms. The molecule has 3 rings (SSSR count). The highest BCUT2D eigenvalue weighted by atomic mass is 16.5. The minimum atomic E-state index is -0.300. The number of nitrogens with one attached hydrogen (secondary N) is 1. The average Bonchev–Trinajstić information content (AvgIpc) is 2.96. The largest absolute Gasteiger partial charge is 0.493 e. The van der Waals surface area contributed by atoms with Gasteiger partial charge < -0.3 is 14.8 Å². The predicted molar refractivity (Wildman–Crippen MR) is 107 cm³/mol. The molecule has 1 aromatic carbocycles. The molecule has 0 unspecified atom stereocenters. The summed E-state index contributed by atoms with van der Waals surface area (Å²) in [7, 11) is 1.64. The molecule has 1 N–H and O–H groups in total. The Morgan fingerprint density at radius 2 is 2.11 bits per heavy atom. The monoisotopic (exact) mass is 378 g/mol. The van der Waals surface area contributed by atoms with Crippen molar-refractivity contribution in [3.63, 3.8) is 0 Å². The van der Waals surface area contributed by atoms with Crippen LogP contribution in [0.25, 0.3) is 0 Å². The molecule has 1 aromatic rings. The third-order valence-corrected chi connectivity index (χ3v) is 5.35. The van der Waals surface area contributed by atoms with Gasteiger partial charge in [-0.05, 0) is 41.2 Å². The lowest BCUT2D eigenvalue weighted by Crippen LogP contribution is -2.38. The minimum absolute atomic E-state index is 0.0819. The number of carbonyl (C=O) groups excluding carboxylic acids is 1. The van der Waals surface area contributed by atoms with Crippen molar-refractivity contribution >= 4 is 5.91 Å². The van der Waals surface area contributed by atoms with Gasteiger partial charge in [-0.2, -0.15) is 5.26 Å². The first-order valence-electron chi connectivity index (χ1n) is 9.32. The summed E-state index contributed by atoms with van der Waals surface area (Å²) in [5.41, 5.74) is 4.04. The Morgan fingerprint density at radius 3 is 2.79 bits per heavy atom. The molecule has 0 fully saturated rings. The summed E-state index contributed by atoms with van der Waals surface area (Å²) in [6.07, 6.45) is 4.27. The van der Waals surface area contributed by atoms with Crippen molar-refractivity contribution in [1.82, 2.24) is 5.32 Å². The van der Waals surface area contributed by atoms with Crippen LogP contribution in [0.3, 0.4) is 0 Å². The summed E-state index contributed by atoms with van der Waals surface area (Å²) in [6, 6.07) is 8.80. The van der Waals surface area contributed by atoms with Crippen LogP contribution in [0.2, 0.25) is 0 Å². The zero-order valence-corrected chi connectivity index (χ0v) is 17.1. The molecule has 0 atom stereocenters. The second-order valence-corrected chi connectivity index (χ2v) is 8.54. The number of hydrogen-bond donors (Lipinski definition) is 1. The number of nitriles is 1. The van der Waals surface area contributed by atoms with Gasteiger partial charge in [0, 0.05) is 23.1 Å². The number of allylic oxidation sites excluding steroid dienone is 1. The molecule has 1 heterocycles. The highest BCUT2D eigenvalue weighted by Gasteiger charge is 2.45. The summed E-state index contributed by atoms with van der Waals surface area (Å²) >= 11 is 0. The van der Waals surface area contributed by atoms with Crippen LogP contribution in [0.5, 0.6) is 0 Å². The van der Waals surface area contributed by atoms with Gasteiger partial charge in [-0.1, -0.05) is 33.8 Å². The Bertz CT molecular complexity index is 943. The second kappa shape index (κ2) is 7.20. The molecule has 2 aliphatic rings. The Hall–Kier alpha value is -3.00. The molecule has 28 heavy (non-hydrogen) atoms. The normalized spacial score (nSPS) is 17.7. The fourth-order valence-electron chi connectivity index (χ4n) is 4.40. The van der Waals surface area contributed by atoms with Gasteiger partial charge in [-0.15, -0.1) is 0 Å². The van der Waals surface area contributed by atoms with Gasteiger partial charge >= 0.3 is 0 Å². The molecule has 146 valence electrons. The van der Waals surface area contributed by atoms with Crippen LogP contribution < -0.4 is 5.32 Å². The number of fused-ring (bicyclic) bond motifs is 1. The van der Waals surface area contributed by atoms with Crippen molar-refractivity contribution in [3.05, 3.63) is 70.4 Å². The van der Waals surface area contributed by atoms with Crippen LogP contribution in [-0.2, 0) is 9.47 Å². The first-order chi connectivity index (χ1) is 13.2. The van der Waals surface area contributed by atoms with Crippen molar-refractivity contribution in [2.45, 2.75) is 34.1 Å². The lowest BCUT2D eigenvalue weighted by atomic mass is 9.70. The van der Waals surface area contributed by atoms with E-state index in [4.69, 9.17) is 14.7 Å². The van der Waals surface area contributed by atoms with Crippen LogP contribution >= 0.6 is 0 Å². The number of ether oxygens (including phenoxy) is 2. The molecular formula is C23H26N2O3. The quantitative estimate of drug-likeness (QED) is 0.822. The van der Waals surface area contributed by atoms with E-state index in [0.29, 0.717) is 17.7 Å². The molecule has 0 saturated heterocycles. The van der Waals surface area contributed by atoms with E-state index in [1.165, 1.54) is 5.57 Å². The molecule has 1 amide bonds. The third-order valence-electron chi connectivity index (χ3n) is 5.35. The van der Waals surface area contributed by atoms with Gasteiger partial charge in [0.1, 0.15) is 6.26 Å². The maximum Gasteiger partial charge on any atom is 0.251 e. The predicted octanol–water partition coefficient (Wildman–Crippen LogP) is 4.44. The number of carbonyl (C=O) groups is 1. The lowest BCUT2D eigenvalue weighted by Gasteiger charge is -2.36. The van der Waals surface area contributed by atoms with Gasteiger partial charge in [0.05, 0.1) is 25.0 Å². The van der Waals surface area contributed by atoms with Gasteiger partial charge in [0.15, 0.2) is 5.76 Å². The first-order valence-corrected chi connectivity index (χ1v) is 9.32. The van der Waals surface area contributed by atoms with Crippen LogP contribution in [-0.4, -0.2) is 19.6 Å². The number of rotatable bonds is 5. The molecule has 1 aliphatic heterocycles. The Labute approximate surface area is 166 Å². The maximum absolute atomic E-state index is 12.6. The van der Waals surface area contributed by atoms with Gasteiger partial charge in [0.2, 0.25) is 0 Å². The SMILES string of the molecule is COC1=COC=C2CC(C)(C)C(C(C)(C)CNC(=O)c3cccc(C#N)c3)=C21. The standard InChI is InChI=1S/C23H26N2O3/c1-22(2)10-17-12-28-13-18(27-5)19(17)20(22)23(3,4)14-25-21(26)16-8-6-7-15(9-16)11-24/h6-9,12-13H,10,14H2,1-5H3,(H,25,26). The van der Waals surface area contributed by atoms with E-state index in [-0.39, 0.29) is 16.7 Å². The van der Waals surface area contributed by atoms with Gasteiger partial charge in [0.25, 0.3) is 5.91 Å². The Kier molecular flexibility index (Phi) is 5.08. The molecule has 0 spiro atoms. The number of nitrogens with zero attached hydrogens (tertiary/aromatic N) is 1. The third kappa shape index (κ3) is 3.55. The van der Waals surface area contributed by atoms with E-state index < -0.39 is 0 Å². The van der Waals surface area contributed by atoms with E-state index >= 15 is 0 Å². The summed E-state index contributed by atoms with van der Waals surface area (Å²) in [4.78, 5) is 12.6. The van der Waals surface area contributed by atoms with Crippen molar-refractivity contribution in [2.24, 2.45) is 10.8 Å². The molecule has 0 saturated carbocycles. The fraction of sp³-hybridized carbons (Fsp3) is 0.391. The van der Waals surface area contributed by atoms with Crippen LogP contribution in [0, 0.1) is 22.2 Å². The highest BCUT2D eigenvalue weighted by molar-refractivity contribution is 5.94. The molecule has 0 aromatic heterocycles. The summed E-state index contributed by atoms with van der Waals surface area (Å²) in [5.74, 6) is 0.538. The van der Waals surface area contributed by atoms with Crippen LogP contribution in [0.1, 0.15) is 50.0 Å². The van der Waals surface area contributed by atoms with E-state index in [2.05, 4.69) is 39.1 Å². The minimum Gasteiger partial charge on any atom is -0.493 e. The topological polar surface area (TPSA) is 71.3 Å². The summed E-state index contributed by atoms with van der Waals surface area (Å²) in [6.45, 7) is 9.16. The van der Waals surface area contributed by atoms with Gasteiger partial charge in [-0.25, -0.2) is 0 Å². The molecule has 5 nitrogen and oxygen atoms in total. The van der Waals surface area contributed by atoms with E-state index in [1.807, 2.05) is 0 Å². The smallest absolute Gasteiger partial charge is 0.251 e. The zero-order valence-electron chi connectivity index (χ0n) is 17.1. The molecular weight excluding hydrogens is 352 g/mol. The van der Waals surface area contributed by atoms with Crippen molar-refractivity contribution < 1.29 is 14.3 Å². The summed E-state index contributed by atoms with van der Waals surface area (Å²) in [5, 5.41) is 12.1. The fourth-order valence-corrected chi connectivity index (χ4v) is 4.40. The van der Waals surface area contributed by atoms with Crippen LogP contribution in [0.4, 0.5) is 0 Å². The number of hydrogen-bond acceptors (Lipinski definition) is 4. The second-order valence-electron chi connectivity index (χ2n) is 8.54. The number of benzene rings is 1. The Morgan fingerprint density at radius 1 is 1.36 bits per heavy atom. The van der Waals surface area contributed by atoms with E-state index in [0.717, 1.165) is 23.3 Å². The number of amides is 1. The van der Waals surface area contributed by atoms with E-state index in [9.17, 15) is 4.79 Å². The van der Waals surface area contributed by atoms with Crippen molar-refractivity contribution in [1.29, 1.82) is 5.26 Å². The van der Waals surface area contributed by atoms with Crippen LogP contribution in [0.15, 0.2) is 59.3 Å². The van der Waals surface area contributed by atoms with Crippen molar-refractivity contribution in [2.75, 3.05) is 13.7 Å². The molecule has 1 aliphatic carbocycles. The van der Waals surface area contributed by atoms with E-state index in [1.54, 1.807) is 43.9 Å². The zero-order chi connectivity index (χ0) is 20.5. The van der Waals surface area contributed by atoms with Crippen molar-refractivity contribution in [3.8, 4) is 6.07 Å². The summed E-state index contributed by atoms with van der Waals surface area (Å²) < 4.78 is 11.0. The first kappa shape index (κ1) is 19.8. The molecule has 5 heteroatoms. The molecule has 0 radical (unpaired) electrons. The Balaban J connectivity index is 1.88. The lowest BCUT2D eigenvalue weighted by molar-refractivity contribution is 0.0938.